The summed E-state index contributed by atoms with van der Waals surface area (Å²) in [6.07, 6.45) is 2.22. The van der Waals surface area contributed by atoms with Gasteiger partial charge in [0.2, 0.25) is 41.4 Å². The number of carbonyl (C=O) groups excluding carboxylic acids is 7. The van der Waals surface area contributed by atoms with E-state index in [0.29, 0.717) is 30.0 Å². The second-order valence-electron chi connectivity index (χ2n) is 19.2. The van der Waals surface area contributed by atoms with Gasteiger partial charge < -0.3 is 67.7 Å². The number of benzene rings is 2. The average Bonchev–Trinajstić information content (AvgIpc) is 2.36. The molecule has 4 heterocycles. The van der Waals surface area contributed by atoms with Crippen LogP contribution in [0.15, 0.2) is 53.5 Å². The van der Waals surface area contributed by atoms with Crippen LogP contribution in [-0.2, 0) is 50.2 Å². The normalized spacial score (nSPS) is 12.3. The van der Waals surface area contributed by atoms with E-state index in [4.69, 9.17) is 37.4 Å². The number of carboxylic acid groups (broad SMARTS) is 2. The molecule has 0 saturated carbocycles. The summed E-state index contributed by atoms with van der Waals surface area (Å²) in [6.45, 7) is 9.06. The maximum absolute atomic E-state index is 14.0. The van der Waals surface area contributed by atoms with Crippen LogP contribution in [-0.4, -0.2) is 147 Å². The number of aryl methyl sites for hydroxylation is 4. The fraction of sp³-hybridized carbons (Fsp3) is 0.396. The summed E-state index contributed by atoms with van der Waals surface area (Å²) in [6, 6.07) is 5.99. The lowest BCUT2D eigenvalue weighted by Crippen LogP contribution is -2.55. The summed E-state index contributed by atoms with van der Waals surface area (Å²) >= 11 is 0. The number of nitrogens with one attached hydrogen (secondary N) is 5. The molecule has 6 aromatic rings. The third-order valence-corrected chi connectivity index (χ3v) is 12.9. The number of carboxylic acids is 2. The zero-order valence-corrected chi connectivity index (χ0v) is 47.1. The van der Waals surface area contributed by atoms with Gasteiger partial charge in [-0.3, -0.25) is 68.1 Å². The van der Waals surface area contributed by atoms with Crippen molar-refractivity contribution in [2.45, 2.75) is 105 Å². The van der Waals surface area contributed by atoms with E-state index < -0.39 is 84.1 Å². The van der Waals surface area contributed by atoms with E-state index in [9.17, 15) is 53.4 Å². The summed E-state index contributed by atoms with van der Waals surface area (Å²) in [5, 5.41) is 40.8. The van der Waals surface area contributed by atoms with Crippen LogP contribution in [0.2, 0.25) is 0 Å². The van der Waals surface area contributed by atoms with Gasteiger partial charge in [-0.05, 0) is 83.4 Å². The topological polar surface area (TPSA) is 460 Å². The molecule has 31 heteroatoms. The highest BCUT2D eigenvalue weighted by atomic mass is 16.5. The van der Waals surface area contributed by atoms with Crippen LogP contribution in [0.1, 0.15) is 106 Å². The number of aromatic nitrogens is 8. The Morgan fingerprint density at radius 1 is 0.667 bits per heavy atom. The number of ether oxygens (including phenoxy) is 2. The third kappa shape index (κ3) is 16.0. The fourth-order valence-corrected chi connectivity index (χ4v) is 8.87. The number of aliphatic carboxylic acids is 2. The van der Waals surface area contributed by atoms with Crippen LogP contribution >= 0.6 is 0 Å². The molecule has 15 N–H and O–H groups in total. The highest BCUT2D eigenvalue weighted by Gasteiger charge is 2.30. The first-order chi connectivity index (χ1) is 39.9. The van der Waals surface area contributed by atoms with Crippen molar-refractivity contribution in [2.75, 3.05) is 37.4 Å². The summed E-state index contributed by atoms with van der Waals surface area (Å²) in [4.78, 5) is 129. The van der Waals surface area contributed by atoms with Crippen molar-refractivity contribution in [1.82, 2.24) is 54.6 Å². The Labute approximate surface area is 479 Å². The monoisotopic (exact) mass is 1160 g/mol. The number of fused-ring (bicyclic) bond motifs is 2. The lowest BCUT2D eigenvalue weighted by Gasteiger charge is -2.23. The molecular weight excluding hydrogens is 1100 g/mol. The number of nitrogens with zero attached hydrogens (tertiary/aromatic N) is 9. The minimum Gasteiger partial charge on any atom is -0.494 e. The van der Waals surface area contributed by atoms with E-state index in [1.165, 1.54) is 43.0 Å². The molecule has 2 aromatic carbocycles. The highest BCUT2D eigenvalue weighted by Crippen LogP contribution is 2.33. The summed E-state index contributed by atoms with van der Waals surface area (Å²) in [5.74, 6) is -8.80. The van der Waals surface area contributed by atoms with Crippen LogP contribution < -0.4 is 59.0 Å². The smallest absolute Gasteiger partial charge is 0.305 e. The molecule has 4 aromatic heterocycles. The van der Waals surface area contributed by atoms with Crippen molar-refractivity contribution >= 4 is 93.2 Å². The maximum Gasteiger partial charge on any atom is 0.305 e. The first-order valence-electron chi connectivity index (χ1n) is 26.5. The number of allylic oxidation sites excluding steroid dienone is 2. The average molecular weight is 1170 g/mol. The van der Waals surface area contributed by atoms with E-state index in [2.05, 4.69) is 46.8 Å². The number of imidazole rings is 2. The third-order valence-electron chi connectivity index (χ3n) is 12.9. The van der Waals surface area contributed by atoms with Gasteiger partial charge in [-0.2, -0.15) is 10.2 Å². The number of rotatable bonds is 31. The number of carbonyl (C=O) groups is 9. The zero-order chi connectivity index (χ0) is 61.5. The minimum atomic E-state index is -1.64. The number of hydrogen-bond acceptors (Lipinski definition) is 16. The first kappa shape index (κ1) is 62.8. The van der Waals surface area contributed by atoms with Gasteiger partial charge in [0.1, 0.15) is 46.0 Å². The van der Waals surface area contributed by atoms with Crippen molar-refractivity contribution < 1.29 is 62.8 Å². The predicted octanol–water partition coefficient (Wildman–Crippen LogP) is 0.897. The molecule has 0 fully saturated rings. The molecule has 0 bridgehead atoms. The molecule has 3 atom stereocenters. The van der Waals surface area contributed by atoms with Crippen LogP contribution in [0.25, 0.3) is 22.1 Å². The molecule has 0 aliphatic heterocycles. The van der Waals surface area contributed by atoms with Crippen LogP contribution in [0.5, 0.6) is 11.5 Å². The Bertz CT molecular complexity index is 3550. The number of anilines is 2. The molecule has 0 aliphatic rings. The quantitative estimate of drug-likeness (QED) is 0.0125. The van der Waals surface area contributed by atoms with Crippen molar-refractivity contribution in [3.05, 3.63) is 82.5 Å². The van der Waals surface area contributed by atoms with Gasteiger partial charge in [-0.25, -0.2) is 9.97 Å². The van der Waals surface area contributed by atoms with Gasteiger partial charge in [-0.15, -0.1) is 0 Å². The van der Waals surface area contributed by atoms with E-state index in [0.717, 1.165) is 0 Å². The highest BCUT2D eigenvalue weighted by molar-refractivity contribution is 6.06. The molecule has 448 valence electrons. The molecule has 0 saturated heterocycles. The summed E-state index contributed by atoms with van der Waals surface area (Å²) < 4.78 is 18.3. The molecule has 0 unspecified atom stereocenters. The molecule has 7 amide bonds. The SMILES string of the molecule is CCn1nc(C)cc1C(=O)Nc1nc2cc(C(N)=O)cc(OC)c2n1C/C=C/Cn1c(NC(=O)c2cc(C)nn2CC)nc2cc(C(N)=O)cc(OCCCNC(=O)[C@H](CC(=O)O)NC(=O)[C@H](CCCN=C(N)N)NC(=O)[C@@H](C)CC(=O)O)c21. The Hall–Kier alpha value is -10.4. The lowest BCUT2D eigenvalue weighted by atomic mass is 10.0. The van der Waals surface area contributed by atoms with Gasteiger partial charge >= 0.3 is 11.9 Å². The molecular formula is C53H68N18O13. The maximum atomic E-state index is 14.0. The summed E-state index contributed by atoms with van der Waals surface area (Å²) in [7, 11) is 1.40. The summed E-state index contributed by atoms with van der Waals surface area (Å²) in [5.41, 5.74) is 25.2. The minimum absolute atomic E-state index is 0.00923. The molecule has 0 aliphatic carbocycles. The Morgan fingerprint density at radius 2 is 1.17 bits per heavy atom. The van der Waals surface area contributed by atoms with Crippen molar-refractivity contribution in [3.8, 4) is 11.5 Å². The molecule has 0 radical (unpaired) electrons. The standard InChI is InChI=1S/C53H68N18O13/c1-7-70-36(20-28(4)66-70)49(81)64-52-62-33-22-30(44(54)76)24-38(83-6)42(33)68(52)16-9-10-17-69-43-34(63-53(69)65-50(82)37-21-29(5)67-71(37)8-2)23-31(45(55)77)25-39(43)84-18-12-15-58-47(79)35(26-41(74)75)61-48(80)32(13-11-14-59-51(56)57)60-46(78)27(3)19-40(72)73/h9-10,20-25,27,32,35H,7-8,11-19,26H2,1-6H3,(H2,54,76)(H2,55,77)(H,58,79)(H,60,78)(H,61,80)(H,72,73)(H,74,75)(H4,56,57,59)(H,62,64,81)(H,63,65,82)/b10-9+/t27-,32-,35-/m0/s1. The molecule has 0 spiro atoms. The Morgan fingerprint density at radius 3 is 1.64 bits per heavy atom. The van der Waals surface area contributed by atoms with E-state index in [-0.39, 0.29) is 120 Å². The predicted molar refractivity (Wildman–Crippen MR) is 304 cm³/mol. The number of nitrogens with two attached hydrogens (primary N) is 4. The zero-order valence-electron chi connectivity index (χ0n) is 47.1. The molecule has 6 rings (SSSR count). The van der Waals surface area contributed by atoms with E-state index >= 15 is 0 Å². The van der Waals surface area contributed by atoms with Crippen molar-refractivity contribution in [3.63, 3.8) is 0 Å². The molecule has 84 heavy (non-hydrogen) atoms. The number of guanidine groups is 1. The number of aliphatic imine (C=N–C) groups is 1. The second-order valence-corrected chi connectivity index (χ2v) is 19.2. The number of primary amides is 2. The second kappa shape index (κ2) is 28.4. The number of methoxy groups -OCH3 is 1. The molecule has 31 nitrogen and oxygen atoms in total. The van der Waals surface area contributed by atoms with Gasteiger partial charge in [0.25, 0.3) is 11.8 Å². The van der Waals surface area contributed by atoms with Crippen molar-refractivity contribution in [1.29, 1.82) is 0 Å². The fourth-order valence-electron chi connectivity index (χ4n) is 8.87. The van der Waals surface area contributed by atoms with E-state index in [1.54, 1.807) is 51.9 Å². The van der Waals surface area contributed by atoms with Crippen molar-refractivity contribution in [2.24, 2.45) is 33.8 Å². The number of hydrogen-bond donors (Lipinski definition) is 11. The first-order valence-corrected chi connectivity index (χ1v) is 26.5. The van der Waals surface area contributed by atoms with Crippen LogP contribution in [0.4, 0.5) is 11.9 Å². The van der Waals surface area contributed by atoms with Crippen LogP contribution in [0.3, 0.4) is 0 Å². The van der Waals surface area contributed by atoms with Crippen LogP contribution in [0, 0.1) is 19.8 Å². The Kier molecular flexibility index (Phi) is 21.2. The Balaban J connectivity index is 1.28. The van der Waals surface area contributed by atoms with Gasteiger partial charge in [0, 0.05) is 56.3 Å². The number of amides is 7. The largest absolute Gasteiger partial charge is 0.494 e. The van der Waals surface area contributed by atoms with Gasteiger partial charge in [0.05, 0.1) is 49.0 Å². The van der Waals surface area contributed by atoms with E-state index in [1.807, 2.05) is 13.8 Å². The van der Waals surface area contributed by atoms with Gasteiger partial charge in [-0.1, -0.05) is 19.1 Å². The lowest BCUT2D eigenvalue weighted by molar-refractivity contribution is -0.141. The van der Waals surface area contributed by atoms with Gasteiger partial charge in [0.15, 0.2) is 5.96 Å².